The van der Waals surface area contributed by atoms with Crippen molar-refractivity contribution >= 4 is 74.8 Å². The average Bonchev–Trinajstić information content (AvgIpc) is 3.33. The number of rotatable bonds is 8. The summed E-state index contributed by atoms with van der Waals surface area (Å²) in [6, 6.07) is 30.1. The Morgan fingerprint density at radius 3 is 1.46 bits per heavy atom. The molecule has 0 saturated heterocycles. The summed E-state index contributed by atoms with van der Waals surface area (Å²) < 4.78 is 11.0. The number of pyridine rings is 2. The Morgan fingerprint density at radius 1 is 0.580 bits per heavy atom. The fourth-order valence-corrected chi connectivity index (χ4v) is 7.70. The van der Waals surface area contributed by atoms with Crippen molar-refractivity contribution in [3.63, 3.8) is 0 Å². The standard InChI is InChI=1S/C26H21N7O.C20H17ClN4O.C6H5N3/c1-15-9-17(5-4-8-27)10-16(2)23(15)20-11-19(34-3)12-21-24(20)32-26(33-25(21)29)31-22-7-6-18(13-28)14-30-22;1-11-7-13(5-4-6-22)8-12(2)17(11)15-9-14(26-3)10-16-18(15)24-20(21)25-19(16)23;7-3-5-1-2-6(8)9-4-5/h4-7,9-12,14H,1-3H3,(H3,29,30,31,32,33);4-5,7-10H,1-3H3,(H2,23,24,25);1-2,4H,(H2,8,9)/b2*5-4+;. The number of benzene rings is 4. The van der Waals surface area contributed by atoms with Gasteiger partial charge in [0.25, 0.3) is 0 Å². The number of hydrogen-bond acceptors (Lipinski definition) is 16. The van der Waals surface area contributed by atoms with E-state index in [1.165, 1.54) is 24.5 Å². The van der Waals surface area contributed by atoms with E-state index in [1.54, 1.807) is 56.7 Å². The van der Waals surface area contributed by atoms with Crippen LogP contribution < -0.4 is 32.0 Å². The van der Waals surface area contributed by atoms with Gasteiger partial charge in [0.2, 0.25) is 11.2 Å². The minimum Gasteiger partial charge on any atom is -0.497 e. The number of aryl methyl sites for hydroxylation is 4. The molecular formula is C52H43ClN14O2. The van der Waals surface area contributed by atoms with E-state index < -0.39 is 0 Å². The number of ether oxygens (including phenoxy) is 2. The Bertz CT molecular complexity index is 3430. The molecule has 0 aliphatic carbocycles. The molecule has 4 aromatic heterocycles. The number of hydrogen-bond donors (Lipinski definition) is 4. The summed E-state index contributed by atoms with van der Waals surface area (Å²) in [5.74, 6) is 3.13. The lowest BCUT2D eigenvalue weighted by molar-refractivity contribution is 0.415. The first-order chi connectivity index (χ1) is 33.2. The van der Waals surface area contributed by atoms with Gasteiger partial charge in [0.1, 0.15) is 46.9 Å². The van der Waals surface area contributed by atoms with E-state index in [4.69, 9.17) is 64.3 Å². The lowest BCUT2D eigenvalue weighted by Crippen LogP contribution is -2.04. The zero-order chi connectivity index (χ0) is 49.8. The summed E-state index contributed by atoms with van der Waals surface area (Å²) in [5, 5.41) is 39.4. The second kappa shape index (κ2) is 22.1. The summed E-state index contributed by atoms with van der Waals surface area (Å²) in [5.41, 5.74) is 29.8. The van der Waals surface area contributed by atoms with E-state index in [-0.39, 0.29) is 11.2 Å². The molecule has 4 heterocycles. The molecule has 8 rings (SSSR count). The Morgan fingerprint density at radius 2 is 1.04 bits per heavy atom. The Hall–Kier alpha value is -9.61. The number of allylic oxidation sites excluding steroid dienone is 2. The number of halogens is 1. The number of nitriles is 4. The highest BCUT2D eigenvalue weighted by atomic mass is 35.5. The molecule has 0 bridgehead atoms. The molecule has 0 atom stereocenters. The second-order valence-electron chi connectivity index (χ2n) is 15.2. The summed E-state index contributed by atoms with van der Waals surface area (Å²) in [4.78, 5) is 25.5. The molecule has 0 radical (unpaired) electrons. The molecule has 0 aliphatic rings. The van der Waals surface area contributed by atoms with Gasteiger partial charge in [-0.3, -0.25) is 0 Å². The maximum Gasteiger partial charge on any atom is 0.230 e. The lowest BCUT2D eigenvalue weighted by atomic mass is 9.91. The Kier molecular flexibility index (Phi) is 15.6. The first-order valence-corrected chi connectivity index (χ1v) is 21.1. The van der Waals surface area contributed by atoms with Gasteiger partial charge in [-0.2, -0.15) is 26.0 Å². The minimum atomic E-state index is 0.102. The van der Waals surface area contributed by atoms with Crippen molar-refractivity contribution in [3.05, 3.63) is 147 Å². The molecule has 8 aromatic rings. The molecule has 0 fully saturated rings. The first-order valence-electron chi connectivity index (χ1n) is 20.8. The minimum absolute atomic E-state index is 0.102. The zero-order valence-corrected chi connectivity index (χ0v) is 39.0. The third-order valence-electron chi connectivity index (χ3n) is 10.4. The van der Waals surface area contributed by atoms with Gasteiger partial charge in [0, 0.05) is 46.4 Å². The molecule has 4 aromatic carbocycles. The third kappa shape index (κ3) is 11.6. The molecule has 0 amide bonds. The van der Waals surface area contributed by atoms with Crippen molar-refractivity contribution < 1.29 is 9.47 Å². The number of nitrogen functional groups attached to an aromatic ring is 3. The molecule has 0 spiro atoms. The second-order valence-corrected chi connectivity index (χ2v) is 15.5. The van der Waals surface area contributed by atoms with E-state index in [0.29, 0.717) is 67.7 Å². The van der Waals surface area contributed by atoms with Crippen molar-refractivity contribution in [1.82, 2.24) is 29.9 Å². The van der Waals surface area contributed by atoms with Gasteiger partial charge in [-0.25, -0.2) is 24.9 Å². The third-order valence-corrected chi connectivity index (χ3v) is 10.6. The number of aromatic nitrogens is 6. The first kappa shape index (κ1) is 48.8. The van der Waals surface area contributed by atoms with E-state index in [9.17, 15) is 0 Å². The highest BCUT2D eigenvalue weighted by Crippen LogP contribution is 2.40. The topological polar surface area (TPSA) is 281 Å². The molecule has 0 unspecified atom stereocenters. The smallest absolute Gasteiger partial charge is 0.230 e. The highest BCUT2D eigenvalue weighted by Gasteiger charge is 2.19. The van der Waals surface area contributed by atoms with Crippen LogP contribution in [0.2, 0.25) is 5.28 Å². The predicted octanol–water partition coefficient (Wildman–Crippen LogP) is 10.3. The molecule has 16 nitrogen and oxygen atoms in total. The number of nitrogens with one attached hydrogen (secondary N) is 1. The predicted molar refractivity (Wildman–Crippen MR) is 271 cm³/mol. The highest BCUT2D eigenvalue weighted by molar-refractivity contribution is 6.29. The zero-order valence-electron chi connectivity index (χ0n) is 38.3. The maximum absolute atomic E-state index is 8.98. The van der Waals surface area contributed by atoms with E-state index in [2.05, 4.69) is 30.2 Å². The number of methoxy groups -OCH3 is 2. The van der Waals surface area contributed by atoms with Crippen LogP contribution in [0.4, 0.5) is 29.2 Å². The van der Waals surface area contributed by atoms with Crippen LogP contribution in [0.3, 0.4) is 0 Å². The van der Waals surface area contributed by atoms with Crippen LogP contribution in [0.15, 0.2) is 97.3 Å². The van der Waals surface area contributed by atoms with Crippen LogP contribution in [0.25, 0.3) is 56.2 Å². The van der Waals surface area contributed by atoms with Gasteiger partial charge >= 0.3 is 0 Å². The van der Waals surface area contributed by atoms with Crippen molar-refractivity contribution in [2.75, 3.05) is 36.7 Å². The SMILES string of the molecule is COc1cc(-c2c(C)cc(/C=C/C#N)cc2C)c2nc(Cl)nc(N)c2c1.COc1cc(-c2c(C)cc(/C=C/C#N)cc2C)c2nc(Nc3ccc(C#N)cn3)nc(N)c2c1.N#Cc1ccc(N)nc1. The van der Waals surface area contributed by atoms with Crippen molar-refractivity contribution in [2.45, 2.75) is 27.7 Å². The molecule has 69 heavy (non-hydrogen) atoms. The largest absolute Gasteiger partial charge is 0.497 e. The van der Waals surface area contributed by atoms with Crippen LogP contribution in [0.5, 0.6) is 11.5 Å². The van der Waals surface area contributed by atoms with E-state index in [0.717, 1.165) is 55.6 Å². The molecule has 17 heteroatoms. The monoisotopic (exact) mass is 930 g/mol. The number of fused-ring (bicyclic) bond motifs is 2. The van der Waals surface area contributed by atoms with E-state index in [1.807, 2.05) is 94.4 Å². The molecule has 7 N–H and O–H groups in total. The van der Waals surface area contributed by atoms with Gasteiger partial charge in [-0.1, -0.05) is 24.3 Å². The molecular weight excluding hydrogens is 888 g/mol. The van der Waals surface area contributed by atoms with Gasteiger partial charge in [0.15, 0.2) is 0 Å². The quantitative estimate of drug-likeness (QED) is 0.0814. The maximum atomic E-state index is 8.98. The van der Waals surface area contributed by atoms with Gasteiger partial charge in [-0.15, -0.1) is 0 Å². The molecule has 0 aliphatic heterocycles. The van der Waals surface area contributed by atoms with Gasteiger partial charge < -0.3 is 32.0 Å². The van der Waals surface area contributed by atoms with Gasteiger partial charge in [-0.05, 0) is 144 Å². The Labute approximate surface area is 403 Å². The lowest BCUT2D eigenvalue weighted by Gasteiger charge is -2.16. The van der Waals surface area contributed by atoms with Crippen molar-refractivity contribution in [3.8, 4) is 58.0 Å². The number of anilines is 5. The number of nitrogens with two attached hydrogens (primary N) is 3. The van der Waals surface area contributed by atoms with Crippen molar-refractivity contribution in [1.29, 1.82) is 21.0 Å². The normalized spacial score (nSPS) is 10.5. The number of nitrogens with zero attached hydrogens (tertiary/aromatic N) is 10. The molecule has 340 valence electrons. The van der Waals surface area contributed by atoms with E-state index >= 15 is 0 Å². The van der Waals surface area contributed by atoms with Crippen LogP contribution in [0, 0.1) is 73.0 Å². The van der Waals surface area contributed by atoms with Crippen LogP contribution >= 0.6 is 11.6 Å². The van der Waals surface area contributed by atoms with Crippen LogP contribution in [-0.2, 0) is 0 Å². The average molecular weight is 931 g/mol. The fraction of sp³-hybridized carbons (Fsp3) is 0.115. The van der Waals surface area contributed by atoms with Crippen molar-refractivity contribution in [2.24, 2.45) is 0 Å². The van der Waals surface area contributed by atoms with Crippen LogP contribution in [-0.4, -0.2) is 44.1 Å². The molecule has 0 saturated carbocycles. The summed E-state index contributed by atoms with van der Waals surface area (Å²) in [6.07, 6.45) is 9.39. The fourth-order valence-electron chi connectivity index (χ4n) is 7.53. The summed E-state index contributed by atoms with van der Waals surface area (Å²) >= 11 is 6.05. The summed E-state index contributed by atoms with van der Waals surface area (Å²) in [7, 11) is 3.21. The van der Waals surface area contributed by atoms with Gasteiger partial charge in [0.05, 0.1) is 48.5 Å². The Balaban J connectivity index is 0.000000196. The summed E-state index contributed by atoms with van der Waals surface area (Å²) in [6.45, 7) is 8.07. The van der Waals surface area contributed by atoms with Crippen LogP contribution in [0.1, 0.15) is 44.5 Å².